The third-order valence-corrected chi connectivity index (χ3v) is 3.26. The Labute approximate surface area is 108 Å². The first-order chi connectivity index (χ1) is 8.76. The molecule has 94 valence electrons. The number of fused-ring (bicyclic) bond motifs is 1. The molecule has 0 saturated heterocycles. The van der Waals surface area contributed by atoms with Crippen LogP contribution in [0.25, 0.3) is 10.8 Å². The van der Waals surface area contributed by atoms with Gasteiger partial charge >= 0.3 is 0 Å². The number of nitrogens with one attached hydrogen (secondary N) is 1. The predicted octanol–water partition coefficient (Wildman–Crippen LogP) is 3.82. The fourth-order valence-corrected chi connectivity index (χ4v) is 2.25. The van der Waals surface area contributed by atoms with Gasteiger partial charge in [-0.1, -0.05) is 56.3 Å². The summed E-state index contributed by atoms with van der Waals surface area (Å²) in [4.78, 5) is 11.6. The number of hydrogen-bond acceptors (Lipinski definition) is 1. The second-order valence-electron chi connectivity index (χ2n) is 4.45. The molecular formula is C16H19NO. The molecule has 1 atom stereocenters. The van der Waals surface area contributed by atoms with Crippen molar-refractivity contribution in [2.45, 2.75) is 32.7 Å². The molecule has 0 spiro atoms. The molecule has 2 heteroatoms. The van der Waals surface area contributed by atoms with Crippen molar-refractivity contribution in [1.29, 1.82) is 0 Å². The summed E-state index contributed by atoms with van der Waals surface area (Å²) >= 11 is 0. The van der Waals surface area contributed by atoms with Crippen LogP contribution in [0.4, 0.5) is 0 Å². The summed E-state index contributed by atoms with van der Waals surface area (Å²) in [7, 11) is 0. The number of hydrogen-bond donors (Lipinski definition) is 1. The number of carbonyl (C=O) groups is 1. The van der Waals surface area contributed by atoms with Crippen molar-refractivity contribution in [3.63, 3.8) is 0 Å². The first kappa shape index (κ1) is 12.6. The summed E-state index contributed by atoms with van der Waals surface area (Å²) in [6, 6.07) is 14.7. The zero-order valence-corrected chi connectivity index (χ0v) is 10.9. The first-order valence-corrected chi connectivity index (χ1v) is 6.53. The van der Waals surface area contributed by atoms with Gasteiger partial charge in [0.2, 0.25) is 5.91 Å². The van der Waals surface area contributed by atoms with Crippen molar-refractivity contribution in [3.8, 4) is 0 Å². The van der Waals surface area contributed by atoms with Gasteiger partial charge in [-0.15, -0.1) is 0 Å². The fraction of sp³-hybridized carbons (Fsp3) is 0.312. The van der Waals surface area contributed by atoms with Crippen molar-refractivity contribution in [2.75, 3.05) is 0 Å². The lowest BCUT2D eigenvalue weighted by Gasteiger charge is -2.19. The minimum Gasteiger partial charge on any atom is -0.349 e. The molecule has 2 aromatic carbocycles. The molecule has 0 aliphatic heterocycles. The topological polar surface area (TPSA) is 29.1 Å². The minimum atomic E-state index is 0.101. The molecule has 2 nitrogen and oxygen atoms in total. The Hall–Kier alpha value is -1.83. The molecule has 0 aliphatic carbocycles. The number of amides is 1. The van der Waals surface area contributed by atoms with Gasteiger partial charge in [-0.05, 0) is 22.8 Å². The summed E-state index contributed by atoms with van der Waals surface area (Å²) in [5.74, 6) is 0.106. The highest BCUT2D eigenvalue weighted by atomic mass is 16.1. The maximum absolute atomic E-state index is 11.6. The normalized spacial score (nSPS) is 12.3. The molecule has 1 unspecified atom stereocenters. The van der Waals surface area contributed by atoms with Gasteiger partial charge in [0, 0.05) is 6.42 Å². The van der Waals surface area contributed by atoms with Gasteiger partial charge in [-0.25, -0.2) is 0 Å². The molecule has 0 bridgehead atoms. The van der Waals surface area contributed by atoms with E-state index < -0.39 is 0 Å². The molecule has 0 heterocycles. The smallest absolute Gasteiger partial charge is 0.220 e. The summed E-state index contributed by atoms with van der Waals surface area (Å²) in [5, 5.41) is 5.53. The zero-order valence-electron chi connectivity index (χ0n) is 10.9. The van der Waals surface area contributed by atoms with Crippen LogP contribution in [0.5, 0.6) is 0 Å². The van der Waals surface area contributed by atoms with Crippen molar-refractivity contribution < 1.29 is 4.79 Å². The zero-order chi connectivity index (χ0) is 13.0. The summed E-state index contributed by atoms with van der Waals surface area (Å²) in [5.41, 5.74) is 1.21. The van der Waals surface area contributed by atoms with Gasteiger partial charge in [0.15, 0.2) is 0 Å². The maximum atomic E-state index is 11.6. The van der Waals surface area contributed by atoms with Crippen LogP contribution in [0.3, 0.4) is 0 Å². The van der Waals surface area contributed by atoms with E-state index in [1.54, 1.807) is 0 Å². The SMILES string of the molecule is CCC(=O)NC(CC)c1cccc2ccccc12. The van der Waals surface area contributed by atoms with E-state index in [2.05, 4.69) is 42.6 Å². The van der Waals surface area contributed by atoms with Gasteiger partial charge in [0.05, 0.1) is 6.04 Å². The third kappa shape index (κ3) is 2.53. The molecule has 1 N–H and O–H groups in total. The Kier molecular flexibility index (Phi) is 3.98. The van der Waals surface area contributed by atoms with E-state index in [1.165, 1.54) is 16.3 Å². The molecule has 18 heavy (non-hydrogen) atoms. The van der Waals surface area contributed by atoms with Crippen LogP contribution in [0.1, 0.15) is 38.3 Å². The highest BCUT2D eigenvalue weighted by Crippen LogP contribution is 2.26. The van der Waals surface area contributed by atoms with E-state index in [0.717, 1.165) is 6.42 Å². The van der Waals surface area contributed by atoms with Crippen LogP contribution in [0.2, 0.25) is 0 Å². The van der Waals surface area contributed by atoms with Gasteiger partial charge in [0.1, 0.15) is 0 Å². The van der Waals surface area contributed by atoms with Crippen molar-refractivity contribution in [3.05, 3.63) is 48.0 Å². The molecule has 2 aromatic rings. The molecule has 0 aromatic heterocycles. The molecule has 1 amide bonds. The fourth-order valence-electron chi connectivity index (χ4n) is 2.25. The van der Waals surface area contributed by atoms with Crippen LogP contribution in [-0.2, 0) is 4.79 Å². The van der Waals surface area contributed by atoms with E-state index in [1.807, 2.05) is 19.1 Å². The van der Waals surface area contributed by atoms with Crippen molar-refractivity contribution >= 4 is 16.7 Å². The first-order valence-electron chi connectivity index (χ1n) is 6.53. The Balaban J connectivity index is 2.41. The highest BCUT2D eigenvalue weighted by Gasteiger charge is 2.13. The molecule has 0 saturated carbocycles. The Bertz CT molecular complexity index is 542. The van der Waals surface area contributed by atoms with Gasteiger partial charge in [-0.2, -0.15) is 0 Å². The second-order valence-corrected chi connectivity index (χ2v) is 4.45. The van der Waals surface area contributed by atoms with Crippen LogP contribution < -0.4 is 5.32 Å². The van der Waals surface area contributed by atoms with E-state index in [4.69, 9.17) is 0 Å². The Morgan fingerprint density at radius 2 is 1.83 bits per heavy atom. The summed E-state index contributed by atoms with van der Waals surface area (Å²) in [6.45, 7) is 3.98. The van der Waals surface area contributed by atoms with E-state index in [9.17, 15) is 4.79 Å². The van der Waals surface area contributed by atoms with E-state index in [-0.39, 0.29) is 11.9 Å². The summed E-state index contributed by atoms with van der Waals surface area (Å²) < 4.78 is 0. The van der Waals surface area contributed by atoms with Gasteiger partial charge in [0.25, 0.3) is 0 Å². The summed E-state index contributed by atoms with van der Waals surface area (Å²) in [6.07, 6.45) is 1.43. The monoisotopic (exact) mass is 241 g/mol. The average Bonchev–Trinajstić information content (AvgIpc) is 2.44. The molecule has 2 rings (SSSR count). The predicted molar refractivity (Wildman–Crippen MR) is 75.4 cm³/mol. The largest absolute Gasteiger partial charge is 0.349 e. The van der Waals surface area contributed by atoms with Crippen molar-refractivity contribution in [1.82, 2.24) is 5.32 Å². The van der Waals surface area contributed by atoms with E-state index >= 15 is 0 Å². The Morgan fingerprint density at radius 3 is 2.56 bits per heavy atom. The highest BCUT2D eigenvalue weighted by molar-refractivity contribution is 5.86. The standard InChI is InChI=1S/C16H19NO/c1-3-15(17-16(18)4-2)14-11-7-9-12-8-5-6-10-13(12)14/h5-11,15H,3-4H2,1-2H3,(H,17,18). The molecule has 0 radical (unpaired) electrons. The Morgan fingerprint density at radius 1 is 1.11 bits per heavy atom. The van der Waals surface area contributed by atoms with Gasteiger partial charge < -0.3 is 5.32 Å². The molecule has 0 fully saturated rings. The maximum Gasteiger partial charge on any atom is 0.220 e. The lowest BCUT2D eigenvalue weighted by molar-refractivity contribution is -0.121. The van der Waals surface area contributed by atoms with Gasteiger partial charge in [-0.3, -0.25) is 4.79 Å². The average molecular weight is 241 g/mol. The number of benzene rings is 2. The second kappa shape index (κ2) is 5.67. The van der Waals surface area contributed by atoms with Crippen LogP contribution >= 0.6 is 0 Å². The quantitative estimate of drug-likeness (QED) is 0.866. The van der Waals surface area contributed by atoms with E-state index in [0.29, 0.717) is 6.42 Å². The lowest BCUT2D eigenvalue weighted by Crippen LogP contribution is -2.27. The molecule has 0 aliphatic rings. The lowest BCUT2D eigenvalue weighted by atomic mass is 9.97. The van der Waals surface area contributed by atoms with Crippen LogP contribution in [0.15, 0.2) is 42.5 Å². The minimum absolute atomic E-state index is 0.101. The number of carbonyl (C=O) groups excluding carboxylic acids is 1. The van der Waals surface area contributed by atoms with Crippen LogP contribution in [0, 0.1) is 0 Å². The number of rotatable bonds is 4. The third-order valence-electron chi connectivity index (χ3n) is 3.26. The van der Waals surface area contributed by atoms with Crippen LogP contribution in [-0.4, -0.2) is 5.91 Å². The molecular weight excluding hydrogens is 222 g/mol. The van der Waals surface area contributed by atoms with Crippen molar-refractivity contribution in [2.24, 2.45) is 0 Å².